The van der Waals surface area contributed by atoms with Crippen molar-refractivity contribution in [1.29, 1.82) is 0 Å². The lowest BCUT2D eigenvalue weighted by Gasteiger charge is -2.27. The first-order valence-electron chi connectivity index (χ1n) is 8.61. The van der Waals surface area contributed by atoms with Gasteiger partial charge in [-0.25, -0.2) is 0 Å². The minimum absolute atomic E-state index is 0.418. The van der Waals surface area contributed by atoms with Crippen molar-refractivity contribution in [3.05, 3.63) is 0 Å². The first-order valence-corrected chi connectivity index (χ1v) is 8.61. The van der Waals surface area contributed by atoms with E-state index in [0.717, 1.165) is 32.8 Å². The first kappa shape index (κ1) is 17.9. The van der Waals surface area contributed by atoms with Crippen LogP contribution in [-0.4, -0.2) is 38.9 Å². The lowest BCUT2D eigenvalue weighted by atomic mass is 9.86. The van der Waals surface area contributed by atoms with Crippen LogP contribution in [0.15, 0.2) is 0 Å². The number of unbranched alkanes of at least 4 members (excludes halogenated alkanes) is 2. The molecule has 2 N–H and O–H groups in total. The molecule has 0 aromatic rings. The summed E-state index contributed by atoms with van der Waals surface area (Å²) in [4.78, 5) is 0. The molecule has 1 fully saturated rings. The van der Waals surface area contributed by atoms with Crippen molar-refractivity contribution >= 4 is 0 Å². The fraction of sp³-hybridized carbons (Fsp3) is 1.00. The maximum atomic E-state index is 5.63. The van der Waals surface area contributed by atoms with E-state index in [2.05, 4.69) is 38.3 Å². The zero-order valence-electron chi connectivity index (χ0n) is 14.1. The van der Waals surface area contributed by atoms with Crippen molar-refractivity contribution in [1.82, 2.24) is 10.6 Å². The molecule has 1 saturated heterocycles. The summed E-state index contributed by atoms with van der Waals surface area (Å²) < 4.78 is 5.63. The molecule has 1 aliphatic heterocycles. The fourth-order valence-electron chi connectivity index (χ4n) is 2.89. The molecule has 1 heterocycles. The van der Waals surface area contributed by atoms with E-state index < -0.39 is 0 Å². The van der Waals surface area contributed by atoms with Gasteiger partial charge in [0, 0.05) is 25.0 Å². The SMILES string of the molecule is CCCCCC(C)(C)CNCC1COCC1NCCC. The van der Waals surface area contributed by atoms with E-state index in [0.29, 0.717) is 17.4 Å². The van der Waals surface area contributed by atoms with E-state index in [1.165, 1.54) is 32.1 Å². The lowest BCUT2D eigenvalue weighted by Crippen LogP contribution is -2.42. The van der Waals surface area contributed by atoms with Crippen molar-refractivity contribution in [3.63, 3.8) is 0 Å². The third kappa shape index (κ3) is 7.05. The van der Waals surface area contributed by atoms with Crippen molar-refractivity contribution in [2.45, 2.75) is 65.8 Å². The molecular weight excluding hydrogens is 248 g/mol. The van der Waals surface area contributed by atoms with Crippen LogP contribution in [0.5, 0.6) is 0 Å². The Labute approximate surface area is 126 Å². The number of hydrogen-bond acceptors (Lipinski definition) is 3. The average molecular weight is 284 g/mol. The highest BCUT2D eigenvalue weighted by Crippen LogP contribution is 2.23. The highest BCUT2D eigenvalue weighted by Gasteiger charge is 2.27. The first-order chi connectivity index (χ1) is 9.59. The topological polar surface area (TPSA) is 33.3 Å². The van der Waals surface area contributed by atoms with Crippen LogP contribution in [0.25, 0.3) is 0 Å². The van der Waals surface area contributed by atoms with Crippen LogP contribution in [0.1, 0.15) is 59.8 Å². The van der Waals surface area contributed by atoms with Gasteiger partial charge >= 0.3 is 0 Å². The van der Waals surface area contributed by atoms with Gasteiger partial charge in [-0.3, -0.25) is 0 Å². The van der Waals surface area contributed by atoms with Crippen LogP contribution >= 0.6 is 0 Å². The van der Waals surface area contributed by atoms with Crippen LogP contribution in [0, 0.1) is 11.3 Å². The van der Waals surface area contributed by atoms with Crippen molar-refractivity contribution in [2.75, 3.05) is 32.8 Å². The van der Waals surface area contributed by atoms with Gasteiger partial charge in [-0.1, -0.05) is 47.0 Å². The van der Waals surface area contributed by atoms with Gasteiger partial charge in [0.2, 0.25) is 0 Å². The summed E-state index contributed by atoms with van der Waals surface area (Å²) in [5, 5.41) is 7.29. The summed E-state index contributed by atoms with van der Waals surface area (Å²) >= 11 is 0. The molecule has 2 unspecified atom stereocenters. The molecule has 120 valence electrons. The second kappa shape index (κ2) is 9.75. The zero-order valence-corrected chi connectivity index (χ0v) is 14.1. The van der Waals surface area contributed by atoms with E-state index in [-0.39, 0.29) is 0 Å². The fourth-order valence-corrected chi connectivity index (χ4v) is 2.89. The maximum absolute atomic E-state index is 5.63. The standard InChI is InChI=1S/C17H36N2O/c1-5-7-8-9-17(3,4)14-18-11-15-12-20-13-16(15)19-10-6-2/h15-16,18-19H,5-14H2,1-4H3. The quantitative estimate of drug-likeness (QED) is 0.572. The normalized spacial score (nSPS) is 23.4. The Morgan fingerprint density at radius 3 is 2.60 bits per heavy atom. The Morgan fingerprint density at radius 1 is 1.10 bits per heavy atom. The van der Waals surface area contributed by atoms with Gasteiger partial charge in [0.1, 0.15) is 0 Å². The Kier molecular flexibility index (Phi) is 8.74. The van der Waals surface area contributed by atoms with Gasteiger partial charge in [-0.05, 0) is 24.8 Å². The minimum atomic E-state index is 0.418. The number of ether oxygens (including phenoxy) is 1. The van der Waals surface area contributed by atoms with Crippen molar-refractivity contribution < 1.29 is 4.74 Å². The molecule has 20 heavy (non-hydrogen) atoms. The molecule has 3 nitrogen and oxygen atoms in total. The molecule has 1 aliphatic rings. The summed E-state index contributed by atoms with van der Waals surface area (Å²) in [7, 11) is 0. The molecule has 0 aromatic heterocycles. The monoisotopic (exact) mass is 284 g/mol. The molecule has 0 spiro atoms. The predicted octanol–water partition coefficient (Wildman–Crippen LogP) is 3.20. The summed E-state index contributed by atoms with van der Waals surface area (Å²) in [6, 6.07) is 0.547. The smallest absolute Gasteiger partial charge is 0.0623 e. The summed E-state index contributed by atoms with van der Waals surface area (Å²) in [6.07, 6.45) is 6.56. The van der Waals surface area contributed by atoms with Crippen LogP contribution in [0.2, 0.25) is 0 Å². The van der Waals surface area contributed by atoms with Gasteiger partial charge in [-0.2, -0.15) is 0 Å². The third-order valence-corrected chi connectivity index (χ3v) is 4.32. The molecule has 0 bridgehead atoms. The van der Waals surface area contributed by atoms with Gasteiger partial charge in [-0.15, -0.1) is 0 Å². The minimum Gasteiger partial charge on any atom is -0.379 e. The number of nitrogens with one attached hydrogen (secondary N) is 2. The average Bonchev–Trinajstić information content (AvgIpc) is 2.84. The zero-order chi connectivity index (χ0) is 14.8. The highest BCUT2D eigenvalue weighted by atomic mass is 16.5. The summed E-state index contributed by atoms with van der Waals surface area (Å²) in [6.45, 7) is 14.3. The molecule has 0 saturated carbocycles. The van der Waals surface area contributed by atoms with Crippen molar-refractivity contribution in [3.8, 4) is 0 Å². The molecule has 0 radical (unpaired) electrons. The van der Waals surface area contributed by atoms with Crippen molar-refractivity contribution in [2.24, 2.45) is 11.3 Å². The highest BCUT2D eigenvalue weighted by molar-refractivity contribution is 4.83. The predicted molar refractivity (Wildman–Crippen MR) is 87.2 cm³/mol. The van der Waals surface area contributed by atoms with Gasteiger partial charge in [0.15, 0.2) is 0 Å². The Morgan fingerprint density at radius 2 is 1.90 bits per heavy atom. The Hall–Kier alpha value is -0.120. The van der Waals surface area contributed by atoms with Gasteiger partial charge in [0.05, 0.1) is 13.2 Å². The van der Waals surface area contributed by atoms with E-state index in [1.54, 1.807) is 0 Å². The number of rotatable bonds is 11. The summed E-state index contributed by atoms with van der Waals surface area (Å²) in [5.41, 5.74) is 0.418. The maximum Gasteiger partial charge on any atom is 0.0623 e. The van der Waals surface area contributed by atoms with Crippen LogP contribution < -0.4 is 10.6 Å². The third-order valence-electron chi connectivity index (χ3n) is 4.32. The largest absolute Gasteiger partial charge is 0.379 e. The van der Waals surface area contributed by atoms with E-state index in [4.69, 9.17) is 4.74 Å². The molecule has 0 aliphatic carbocycles. The van der Waals surface area contributed by atoms with Crippen LogP contribution in [0.4, 0.5) is 0 Å². The molecule has 2 atom stereocenters. The second-order valence-electron chi connectivity index (χ2n) is 7.11. The van der Waals surface area contributed by atoms with Gasteiger partial charge < -0.3 is 15.4 Å². The molecule has 0 aromatic carbocycles. The molecular formula is C17H36N2O. The van der Waals surface area contributed by atoms with Crippen LogP contribution in [-0.2, 0) is 4.74 Å². The molecule has 0 amide bonds. The van der Waals surface area contributed by atoms with E-state index in [9.17, 15) is 0 Å². The molecule has 1 rings (SSSR count). The Bertz CT molecular complexity index is 243. The van der Waals surface area contributed by atoms with E-state index >= 15 is 0 Å². The lowest BCUT2D eigenvalue weighted by molar-refractivity contribution is 0.181. The van der Waals surface area contributed by atoms with Crippen LogP contribution in [0.3, 0.4) is 0 Å². The van der Waals surface area contributed by atoms with Gasteiger partial charge in [0.25, 0.3) is 0 Å². The summed E-state index contributed by atoms with van der Waals surface area (Å²) in [5.74, 6) is 0.632. The Balaban J connectivity index is 2.18. The van der Waals surface area contributed by atoms with E-state index in [1.807, 2.05) is 0 Å². The molecule has 3 heteroatoms. The second-order valence-corrected chi connectivity index (χ2v) is 7.11. The number of hydrogen-bond donors (Lipinski definition) is 2.